The van der Waals surface area contributed by atoms with Crippen LogP contribution in [0.5, 0.6) is 5.75 Å². The minimum atomic E-state index is -2.92. The number of carbonyl (C=O) groups is 2. The second kappa shape index (κ2) is 10.2. The lowest BCUT2D eigenvalue weighted by atomic mass is 10.1. The molecular formula is C25H27F2N3O5. The summed E-state index contributed by atoms with van der Waals surface area (Å²) in [5, 5.41) is 0. The number of esters is 1. The number of benzene rings is 1. The maximum absolute atomic E-state index is 13.1. The van der Waals surface area contributed by atoms with E-state index in [0.717, 1.165) is 0 Å². The largest absolute Gasteiger partial charge is 0.450 e. The summed E-state index contributed by atoms with van der Waals surface area (Å²) in [4.78, 5) is 45.1. The third-order valence-corrected chi connectivity index (χ3v) is 5.54. The molecule has 2 heterocycles. The van der Waals surface area contributed by atoms with Gasteiger partial charge in [-0.3, -0.25) is 9.59 Å². The average molecular weight is 488 g/mol. The Morgan fingerprint density at radius 2 is 1.69 bits per heavy atom. The van der Waals surface area contributed by atoms with Crippen LogP contribution in [-0.2, 0) is 4.74 Å². The Morgan fingerprint density at radius 1 is 1.06 bits per heavy atom. The van der Waals surface area contributed by atoms with Crippen molar-refractivity contribution in [3.63, 3.8) is 0 Å². The summed E-state index contributed by atoms with van der Waals surface area (Å²) < 4.78 is 36.3. The Bertz CT molecular complexity index is 1310. The minimum absolute atomic E-state index is 0.0178. The smallest absolute Gasteiger partial charge is 0.387 e. The van der Waals surface area contributed by atoms with E-state index in [1.165, 1.54) is 26.0 Å². The predicted molar refractivity (Wildman–Crippen MR) is 125 cm³/mol. The first-order chi connectivity index (χ1) is 16.4. The monoisotopic (exact) mass is 487 g/mol. The fraction of sp³-hybridized carbons (Fsp3) is 0.360. The molecule has 0 fully saturated rings. The Hall–Kier alpha value is -3.82. The molecule has 0 spiro atoms. The number of hydrogen-bond donors (Lipinski definition) is 1. The van der Waals surface area contributed by atoms with Crippen molar-refractivity contribution in [1.29, 1.82) is 0 Å². The number of H-pyrrole nitrogens is 1. The zero-order valence-electron chi connectivity index (χ0n) is 20.3. The van der Waals surface area contributed by atoms with Gasteiger partial charge in [-0.15, -0.1) is 0 Å². The number of nitrogens with one attached hydrogen (secondary N) is 1. The van der Waals surface area contributed by atoms with Gasteiger partial charge in [-0.2, -0.15) is 8.78 Å². The average Bonchev–Trinajstić information content (AvgIpc) is 3.06. The van der Waals surface area contributed by atoms with Crippen LogP contribution in [0.25, 0.3) is 5.69 Å². The van der Waals surface area contributed by atoms with E-state index in [-0.39, 0.29) is 22.9 Å². The normalized spacial score (nSPS) is 12.2. The van der Waals surface area contributed by atoms with E-state index in [4.69, 9.17) is 4.74 Å². The number of aromatic nitrogens is 3. The summed E-state index contributed by atoms with van der Waals surface area (Å²) in [6, 6.07) is 7.66. The van der Waals surface area contributed by atoms with E-state index in [1.54, 1.807) is 36.6 Å². The van der Waals surface area contributed by atoms with Gasteiger partial charge >= 0.3 is 12.6 Å². The van der Waals surface area contributed by atoms with Crippen LogP contribution in [0.2, 0.25) is 0 Å². The molecule has 1 aromatic carbocycles. The number of rotatable bonds is 8. The molecule has 35 heavy (non-hydrogen) atoms. The summed E-state index contributed by atoms with van der Waals surface area (Å²) in [5.74, 6) is -0.944. The van der Waals surface area contributed by atoms with Crippen LogP contribution in [0.3, 0.4) is 0 Å². The maximum atomic E-state index is 13.1. The summed E-state index contributed by atoms with van der Waals surface area (Å²) in [5.41, 5.74) is 1.62. The number of ether oxygens (including phenoxy) is 2. The highest BCUT2D eigenvalue weighted by Crippen LogP contribution is 2.25. The predicted octanol–water partition coefficient (Wildman–Crippen LogP) is 4.64. The molecule has 0 amide bonds. The van der Waals surface area contributed by atoms with Gasteiger partial charge in [0.2, 0.25) is 5.78 Å². The van der Waals surface area contributed by atoms with Crippen molar-refractivity contribution in [1.82, 2.24) is 14.5 Å². The van der Waals surface area contributed by atoms with E-state index in [1.807, 2.05) is 13.8 Å². The summed E-state index contributed by atoms with van der Waals surface area (Å²) in [6.07, 6.45) is -1.16. The van der Waals surface area contributed by atoms with Gasteiger partial charge in [-0.05, 0) is 58.0 Å². The molecule has 8 nitrogen and oxygen atoms in total. The molecular weight excluding hydrogens is 460 g/mol. The number of halogens is 2. The van der Waals surface area contributed by atoms with E-state index in [2.05, 4.69) is 14.7 Å². The third kappa shape index (κ3) is 5.47. The number of nitrogens with zero attached hydrogens (tertiary/aromatic N) is 2. The van der Waals surface area contributed by atoms with Crippen molar-refractivity contribution in [2.24, 2.45) is 0 Å². The van der Waals surface area contributed by atoms with Crippen molar-refractivity contribution in [3.05, 3.63) is 74.7 Å². The fourth-order valence-electron chi connectivity index (χ4n) is 3.80. The van der Waals surface area contributed by atoms with E-state index in [0.29, 0.717) is 28.5 Å². The number of aryl methyl sites for hydroxylation is 2. The number of aromatic amines is 1. The molecule has 10 heteroatoms. The summed E-state index contributed by atoms with van der Waals surface area (Å²) >= 11 is 0. The molecule has 0 aliphatic rings. The van der Waals surface area contributed by atoms with Crippen LogP contribution in [-0.4, -0.2) is 39.0 Å². The first-order valence-electron chi connectivity index (χ1n) is 11.0. The molecule has 0 aliphatic carbocycles. The van der Waals surface area contributed by atoms with Gasteiger partial charge in [0, 0.05) is 28.6 Å². The van der Waals surface area contributed by atoms with Crippen molar-refractivity contribution in [2.75, 3.05) is 0 Å². The molecule has 0 unspecified atom stereocenters. The Kier molecular flexibility index (Phi) is 7.52. The van der Waals surface area contributed by atoms with Crippen LogP contribution in [0, 0.1) is 20.8 Å². The molecule has 3 rings (SSSR count). The van der Waals surface area contributed by atoms with Gasteiger partial charge in [-0.1, -0.05) is 13.8 Å². The van der Waals surface area contributed by atoms with Gasteiger partial charge < -0.3 is 19.0 Å². The molecule has 1 atom stereocenters. The summed E-state index contributed by atoms with van der Waals surface area (Å²) in [7, 11) is 0. The van der Waals surface area contributed by atoms with Gasteiger partial charge in [0.15, 0.2) is 6.10 Å². The van der Waals surface area contributed by atoms with Crippen molar-refractivity contribution >= 4 is 11.8 Å². The topological polar surface area (TPSA) is 103 Å². The fourth-order valence-corrected chi connectivity index (χ4v) is 3.80. The molecule has 0 saturated carbocycles. The highest BCUT2D eigenvalue weighted by molar-refractivity contribution is 6.02. The summed E-state index contributed by atoms with van der Waals surface area (Å²) in [6.45, 7) is 7.28. The SMILES string of the molecule is Cc1nc(C(C)C)[nH]c(=O)c1C(=O)O[C@H](C)C(=O)c1cc(C)n(-c2ccc(OC(F)F)cc2)c1C. The zero-order valence-corrected chi connectivity index (χ0v) is 20.3. The second-order valence-corrected chi connectivity index (χ2v) is 8.47. The third-order valence-electron chi connectivity index (χ3n) is 5.54. The van der Waals surface area contributed by atoms with Gasteiger partial charge in [-0.25, -0.2) is 9.78 Å². The second-order valence-electron chi connectivity index (χ2n) is 8.47. The Labute approximate surface area is 200 Å². The van der Waals surface area contributed by atoms with Crippen molar-refractivity contribution < 1.29 is 27.8 Å². The van der Waals surface area contributed by atoms with Crippen LogP contribution in [0.15, 0.2) is 35.1 Å². The molecule has 1 N–H and O–H groups in total. The number of hydrogen-bond acceptors (Lipinski definition) is 6. The molecule has 0 radical (unpaired) electrons. The van der Waals surface area contributed by atoms with Crippen LogP contribution >= 0.6 is 0 Å². The number of carbonyl (C=O) groups excluding carboxylic acids is 2. The molecule has 0 bridgehead atoms. The van der Waals surface area contributed by atoms with Crippen LogP contribution in [0.4, 0.5) is 8.78 Å². The van der Waals surface area contributed by atoms with E-state index >= 15 is 0 Å². The van der Waals surface area contributed by atoms with Gasteiger partial charge in [0.1, 0.15) is 17.1 Å². The minimum Gasteiger partial charge on any atom is -0.450 e. The van der Waals surface area contributed by atoms with Crippen LogP contribution < -0.4 is 10.3 Å². The highest BCUT2D eigenvalue weighted by atomic mass is 19.3. The van der Waals surface area contributed by atoms with Crippen LogP contribution in [0.1, 0.15) is 70.3 Å². The standard InChI is InChI=1S/C25H27F2N3O5/c1-12(2)22-28-14(4)20(23(32)29-22)24(33)34-16(6)21(31)19-11-13(3)30(15(19)5)17-7-9-18(10-8-17)35-25(26)27/h7-12,16,25H,1-6H3,(H,28,29,32)/t16-/m1/s1. The highest BCUT2D eigenvalue weighted by Gasteiger charge is 2.27. The molecule has 0 aliphatic heterocycles. The Morgan fingerprint density at radius 3 is 2.23 bits per heavy atom. The quantitative estimate of drug-likeness (QED) is 0.367. The first-order valence-corrected chi connectivity index (χ1v) is 11.0. The number of ketones is 1. The van der Waals surface area contributed by atoms with Gasteiger partial charge in [0.25, 0.3) is 5.56 Å². The molecule has 2 aromatic heterocycles. The number of alkyl halides is 2. The van der Waals surface area contributed by atoms with Crippen molar-refractivity contribution in [2.45, 2.75) is 60.2 Å². The zero-order chi connectivity index (χ0) is 26.0. The first kappa shape index (κ1) is 25.8. The lowest BCUT2D eigenvalue weighted by Gasteiger charge is -2.14. The molecule has 186 valence electrons. The molecule has 3 aromatic rings. The lowest BCUT2D eigenvalue weighted by molar-refractivity contribution is -0.0498. The lowest BCUT2D eigenvalue weighted by Crippen LogP contribution is -2.30. The van der Waals surface area contributed by atoms with Gasteiger partial charge in [0.05, 0.1) is 5.69 Å². The van der Waals surface area contributed by atoms with E-state index in [9.17, 15) is 23.2 Å². The van der Waals surface area contributed by atoms with Crippen molar-refractivity contribution in [3.8, 4) is 11.4 Å². The van der Waals surface area contributed by atoms with E-state index < -0.39 is 30.0 Å². The number of Topliss-reactive ketones (excluding diaryl/α,β-unsaturated/α-hetero) is 1. The Balaban J connectivity index is 1.83. The molecule has 0 saturated heterocycles. The maximum Gasteiger partial charge on any atom is 0.387 e.